The average molecular weight is 133 g/mol. The molecule has 0 rings (SSSR count). The zero-order valence-electron chi connectivity index (χ0n) is 5.59. The quantitative estimate of drug-likeness (QED) is 0.444. The Bertz CT molecular complexity index is 92.2. The molecule has 0 bridgehead atoms. The molecular formula is C5H11NO3. The largest absolute Gasteiger partial charge is 0.527 e. The molecule has 0 atom stereocenters. The fraction of sp³-hybridized carbons (Fsp3) is 0.800. The topological polar surface area (TPSA) is 61.5 Å². The van der Waals surface area contributed by atoms with Crippen LogP contribution >= 0.6 is 0 Å². The number of carbonyl (C=O) groups excluding carboxylic acids is 1. The first kappa shape index (κ1) is 8.23. The summed E-state index contributed by atoms with van der Waals surface area (Å²) in [5.41, 5.74) is 0. The van der Waals surface area contributed by atoms with Crippen LogP contribution in [-0.2, 0) is 9.57 Å². The molecule has 0 aliphatic heterocycles. The monoisotopic (exact) mass is 133 g/mol. The Morgan fingerprint density at radius 3 is 2.56 bits per heavy atom. The van der Waals surface area contributed by atoms with E-state index in [-0.39, 0.29) is 0 Å². The fourth-order valence-corrected chi connectivity index (χ4v) is 0.269. The maximum absolute atomic E-state index is 10.1. The van der Waals surface area contributed by atoms with Crippen LogP contribution in [0.25, 0.3) is 0 Å². The van der Waals surface area contributed by atoms with Gasteiger partial charge in [-0.15, -0.1) is 0 Å². The molecule has 0 heterocycles. The zero-order valence-corrected chi connectivity index (χ0v) is 5.59. The van der Waals surface area contributed by atoms with Gasteiger partial charge in [0, 0.05) is 0 Å². The molecule has 0 radical (unpaired) electrons. The lowest BCUT2D eigenvalue weighted by Gasteiger charge is -2.03. The van der Waals surface area contributed by atoms with Crippen molar-refractivity contribution in [1.82, 2.24) is 0 Å². The average Bonchev–Trinajstić information content (AvgIpc) is 1.83. The number of rotatable bonds is 2. The van der Waals surface area contributed by atoms with E-state index >= 15 is 0 Å². The van der Waals surface area contributed by atoms with Crippen molar-refractivity contribution in [3.8, 4) is 0 Å². The molecule has 0 aromatic rings. The van der Waals surface area contributed by atoms with E-state index in [4.69, 9.17) is 0 Å². The SMILES string of the molecule is CC(C)COC(=O)ON. The summed E-state index contributed by atoms with van der Waals surface area (Å²) >= 11 is 0. The summed E-state index contributed by atoms with van der Waals surface area (Å²) in [5.74, 6) is 4.79. The Balaban J connectivity index is 3.17. The summed E-state index contributed by atoms with van der Waals surface area (Å²) in [4.78, 5) is 13.9. The smallest absolute Gasteiger partial charge is 0.433 e. The van der Waals surface area contributed by atoms with Crippen molar-refractivity contribution in [3.05, 3.63) is 0 Å². The van der Waals surface area contributed by atoms with Gasteiger partial charge in [0.2, 0.25) is 0 Å². The first-order valence-electron chi connectivity index (χ1n) is 2.70. The van der Waals surface area contributed by atoms with Crippen LogP contribution in [0.5, 0.6) is 0 Å². The van der Waals surface area contributed by atoms with Crippen molar-refractivity contribution in [3.63, 3.8) is 0 Å². The van der Waals surface area contributed by atoms with E-state index in [2.05, 4.69) is 15.5 Å². The summed E-state index contributed by atoms with van der Waals surface area (Å²) in [6, 6.07) is 0. The molecule has 4 nitrogen and oxygen atoms in total. The van der Waals surface area contributed by atoms with Gasteiger partial charge in [-0.05, 0) is 5.92 Å². The Labute approximate surface area is 53.9 Å². The lowest BCUT2D eigenvalue weighted by atomic mass is 10.2. The van der Waals surface area contributed by atoms with E-state index in [1.165, 1.54) is 0 Å². The fourth-order valence-electron chi connectivity index (χ4n) is 0.269. The summed E-state index contributed by atoms with van der Waals surface area (Å²) in [5, 5.41) is 0. The highest BCUT2D eigenvalue weighted by atomic mass is 16.8. The van der Waals surface area contributed by atoms with E-state index in [1.54, 1.807) is 0 Å². The Kier molecular flexibility index (Phi) is 3.79. The van der Waals surface area contributed by atoms with Gasteiger partial charge in [0.25, 0.3) is 0 Å². The van der Waals surface area contributed by atoms with Gasteiger partial charge in [-0.25, -0.2) is 4.79 Å². The Morgan fingerprint density at radius 1 is 1.67 bits per heavy atom. The molecule has 0 aromatic carbocycles. The first-order valence-corrected chi connectivity index (χ1v) is 2.70. The predicted molar refractivity (Wildman–Crippen MR) is 31.5 cm³/mol. The minimum absolute atomic E-state index is 0.309. The molecule has 9 heavy (non-hydrogen) atoms. The van der Waals surface area contributed by atoms with Crippen molar-refractivity contribution in [2.75, 3.05) is 6.61 Å². The molecule has 0 saturated heterocycles. The Morgan fingerprint density at radius 2 is 2.22 bits per heavy atom. The minimum atomic E-state index is -0.830. The highest BCUT2D eigenvalue weighted by Crippen LogP contribution is 1.92. The van der Waals surface area contributed by atoms with Crippen LogP contribution in [-0.4, -0.2) is 12.8 Å². The van der Waals surface area contributed by atoms with Gasteiger partial charge in [0.15, 0.2) is 0 Å². The van der Waals surface area contributed by atoms with Gasteiger partial charge in [-0.1, -0.05) is 13.8 Å². The molecule has 4 heteroatoms. The van der Waals surface area contributed by atoms with E-state index in [0.29, 0.717) is 12.5 Å². The zero-order chi connectivity index (χ0) is 7.28. The molecule has 2 N–H and O–H groups in total. The third-order valence-corrected chi connectivity index (χ3v) is 0.631. The molecule has 0 saturated carbocycles. The molecule has 0 aromatic heterocycles. The normalized spacial score (nSPS) is 9.33. The van der Waals surface area contributed by atoms with Crippen molar-refractivity contribution in [1.29, 1.82) is 0 Å². The molecule has 54 valence electrons. The van der Waals surface area contributed by atoms with E-state index < -0.39 is 6.16 Å². The molecule has 0 aliphatic carbocycles. The number of nitrogens with two attached hydrogens (primary N) is 1. The van der Waals surface area contributed by atoms with E-state index in [9.17, 15) is 4.79 Å². The Hall–Kier alpha value is -0.770. The third-order valence-electron chi connectivity index (χ3n) is 0.631. The van der Waals surface area contributed by atoms with Gasteiger partial charge in [-0.3, -0.25) is 0 Å². The second-order valence-electron chi connectivity index (χ2n) is 2.07. The molecule has 0 unspecified atom stereocenters. The molecular weight excluding hydrogens is 122 g/mol. The van der Waals surface area contributed by atoms with E-state index in [1.807, 2.05) is 13.8 Å². The number of ether oxygens (including phenoxy) is 1. The lowest BCUT2D eigenvalue weighted by molar-refractivity contribution is 0.0474. The van der Waals surface area contributed by atoms with Crippen LogP contribution in [0.15, 0.2) is 0 Å². The van der Waals surface area contributed by atoms with Gasteiger partial charge < -0.3 is 9.57 Å². The van der Waals surface area contributed by atoms with Crippen molar-refractivity contribution in [2.45, 2.75) is 13.8 Å². The summed E-state index contributed by atoms with van der Waals surface area (Å²) in [7, 11) is 0. The number of carbonyl (C=O) groups is 1. The van der Waals surface area contributed by atoms with Crippen LogP contribution in [0.3, 0.4) is 0 Å². The standard InChI is InChI=1S/C5H11NO3/c1-4(2)3-8-5(7)9-6/h4H,3,6H2,1-2H3. The van der Waals surface area contributed by atoms with Crippen molar-refractivity contribution < 1.29 is 14.4 Å². The van der Waals surface area contributed by atoms with E-state index in [0.717, 1.165) is 0 Å². The molecule has 0 spiro atoms. The highest BCUT2D eigenvalue weighted by molar-refractivity contribution is 5.59. The van der Waals surface area contributed by atoms with Gasteiger partial charge in [0.1, 0.15) is 0 Å². The number of hydrogen-bond acceptors (Lipinski definition) is 4. The molecule has 0 amide bonds. The maximum atomic E-state index is 10.1. The van der Waals surface area contributed by atoms with Crippen LogP contribution in [0.1, 0.15) is 13.8 Å². The summed E-state index contributed by atoms with van der Waals surface area (Å²) < 4.78 is 4.47. The molecule has 0 aliphatic rings. The minimum Gasteiger partial charge on any atom is -0.433 e. The maximum Gasteiger partial charge on any atom is 0.527 e. The third kappa shape index (κ3) is 5.10. The second kappa shape index (κ2) is 4.14. The summed E-state index contributed by atoms with van der Waals surface area (Å²) in [6.45, 7) is 4.18. The number of hydrogen-bond donors (Lipinski definition) is 1. The van der Waals surface area contributed by atoms with Gasteiger partial charge in [0.05, 0.1) is 6.61 Å². The molecule has 0 fully saturated rings. The van der Waals surface area contributed by atoms with Crippen molar-refractivity contribution >= 4 is 6.16 Å². The van der Waals surface area contributed by atoms with Crippen LogP contribution in [0, 0.1) is 5.92 Å². The second-order valence-corrected chi connectivity index (χ2v) is 2.07. The van der Waals surface area contributed by atoms with Crippen LogP contribution < -0.4 is 5.90 Å². The van der Waals surface area contributed by atoms with Gasteiger partial charge in [-0.2, -0.15) is 5.90 Å². The van der Waals surface area contributed by atoms with Crippen LogP contribution in [0.2, 0.25) is 0 Å². The van der Waals surface area contributed by atoms with Crippen LogP contribution in [0.4, 0.5) is 4.79 Å². The lowest BCUT2D eigenvalue weighted by Crippen LogP contribution is -2.14. The summed E-state index contributed by atoms with van der Waals surface area (Å²) in [6.07, 6.45) is -0.830. The first-order chi connectivity index (χ1) is 4.16. The van der Waals surface area contributed by atoms with Crippen molar-refractivity contribution in [2.24, 2.45) is 11.8 Å². The predicted octanol–water partition coefficient (Wildman–Crippen LogP) is 0.669. The highest BCUT2D eigenvalue weighted by Gasteiger charge is 2.01. The van der Waals surface area contributed by atoms with Gasteiger partial charge >= 0.3 is 6.16 Å².